The number of hydrogen-bond donors (Lipinski definition) is 0. The zero-order chi connectivity index (χ0) is 12.5. The molecule has 2 aromatic heterocycles. The van der Waals surface area contributed by atoms with Gasteiger partial charge in [-0.25, -0.2) is 0 Å². The van der Waals surface area contributed by atoms with Gasteiger partial charge < -0.3 is 0 Å². The molecule has 2 heterocycles. The Morgan fingerprint density at radius 3 is 2.67 bits per heavy atom. The van der Waals surface area contributed by atoms with Gasteiger partial charge in [-0.2, -0.15) is 0 Å². The number of aryl methyl sites for hydroxylation is 1. The molecule has 0 fully saturated rings. The normalized spacial score (nSPS) is 11.0. The third-order valence-electron chi connectivity index (χ3n) is 2.94. The van der Waals surface area contributed by atoms with E-state index in [2.05, 4.69) is 41.4 Å². The molecule has 0 bridgehead atoms. The first-order valence-corrected chi connectivity index (χ1v) is 6.15. The molecule has 3 rings (SSSR count). The van der Waals surface area contributed by atoms with Crippen molar-refractivity contribution in [3.63, 3.8) is 0 Å². The average molecular weight is 258 g/mol. The lowest BCUT2D eigenvalue weighted by molar-refractivity contribution is 0.934. The molecule has 1 aromatic carbocycles. The SMILES string of the molecule is Cc1ccc(Cc2nnc3c(Cl)cccn23)cc1. The van der Waals surface area contributed by atoms with Gasteiger partial charge in [-0.05, 0) is 24.6 Å². The van der Waals surface area contributed by atoms with E-state index in [4.69, 9.17) is 11.6 Å². The van der Waals surface area contributed by atoms with E-state index in [-0.39, 0.29) is 0 Å². The molecule has 0 spiro atoms. The molecule has 0 saturated heterocycles. The lowest BCUT2D eigenvalue weighted by atomic mass is 10.1. The van der Waals surface area contributed by atoms with E-state index in [1.165, 1.54) is 11.1 Å². The molecule has 18 heavy (non-hydrogen) atoms. The summed E-state index contributed by atoms with van der Waals surface area (Å²) in [5.74, 6) is 0.899. The summed E-state index contributed by atoms with van der Waals surface area (Å²) < 4.78 is 1.93. The van der Waals surface area contributed by atoms with Crippen LogP contribution in [-0.2, 0) is 6.42 Å². The van der Waals surface area contributed by atoms with Crippen LogP contribution in [-0.4, -0.2) is 14.6 Å². The van der Waals surface area contributed by atoms with Crippen LogP contribution in [0.1, 0.15) is 17.0 Å². The molecule has 0 amide bonds. The Hall–Kier alpha value is -1.87. The minimum Gasteiger partial charge on any atom is -0.285 e. The molecule has 3 aromatic rings. The van der Waals surface area contributed by atoms with Gasteiger partial charge >= 0.3 is 0 Å². The van der Waals surface area contributed by atoms with Crippen LogP contribution in [0.2, 0.25) is 5.02 Å². The van der Waals surface area contributed by atoms with Crippen molar-refractivity contribution in [3.05, 3.63) is 64.6 Å². The highest BCUT2D eigenvalue weighted by atomic mass is 35.5. The third kappa shape index (κ3) is 1.97. The minimum absolute atomic E-state index is 0.625. The van der Waals surface area contributed by atoms with E-state index in [9.17, 15) is 0 Å². The number of pyridine rings is 1. The van der Waals surface area contributed by atoms with E-state index in [1.54, 1.807) is 0 Å². The van der Waals surface area contributed by atoms with Crippen molar-refractivity contribution < 1.29 is 0 Å². The van der Waals surface area contributed by atoms with Gasteiger partial charge in [0.2, 0.25) is 0 Å². The van der Waals surface area contributed by atoms with E-state index in [1.807, 2.05) is 22.7 Å². The molecule has 0 unspecified atom stereocenters. The predicted octanol–water partition coefficient (Wildman–Crippen LogP) is 3.28. The zero-order valence-corrected chi connectivity index (χ0v) is 10.7. The monoisotopic (exact) mass is 257 g/mol. The highest BCUT2D eigenvalue weighted by Gasteiger charge is 2.08. The van der Waals surface area contributed by atoms with Crippen molar-refractivity contribution in [3.8, 4) is 0 Å². The van der Waals surface area contributed by atoms with Crippen LogP contribution in [0.3, 0.4) is 0 Å². The van der Waals surface area contributed by atoms with Crippen molar-refractivity contribution in [2.45, 2.75) is 13.3 Å². The lowest BCUT2D eigenvalue weighted by Gasteiger charge is -2.01. The van der Waals surface area contributed by atoms with Crippen molar-refractivity contribution >= 4 is 17.2 Å². The van der Waals surface area contributed by atoms with Gasteiger partial charge in [0.05, 0.1) is 5.02 Å². The minimum atomic E-state index is 0.625. The Bertz CT molecular complexity index is 686. The van der Waals surface area contributed by atoms with Gasteiger partial charge in [-0.3, -0.25) is 4.40 Å². The van der Waals surface area contributed by atoms with Gasteiger partial charge in [0.15, 0.2) is 5.65 Å². The van der Waals surface area contributed by atoms with Crippen molar-refractivity contribution in [2.24, 2.45) is 0 Å². The quantitative estimate of drug-likeness (QED) is 0.705. The van der Waals surface area contributed by atoms with Crippen LogP contribution < -0.4 is 0 Å². The number of benzene rings is 1. The van der Waals surface area contributed by atoms with Crippen LogP contribution in [0.25, 0.3) is 5.65 Å². The van der Waals surface area contributed by atoms with Gasteiger partial charge in [0.1, 0.15) is 5.82 Å². The molecule has 4 heteroatoms. The number of hydrogen-bond acceptors (Lipinski definition) is 2. The second kappa shape index (κ2) is 4.42. The highest BCUT2D eigenvalue weighted by Crippen LogP contribution is 2.17. The molecule has 3 nitrogen and oxygen atoms in total. The maximum absolute atomic E-state index is 6.07. The fourth-order valence-corrected chi connectivity index (χ4v) is 2.14. The Balaban J connectivity index is 2.00. The molecule has 0 aliphatic carbocycles. The summed E-state index contributed by atoms with van der Waals surface area (Å²) >= 11 is 6.07. The summed E-state index contributed by atoms with van der Waals surface area (Å²) in [6.07, 6.45) is 2.69. The Labute approximate surface area is 110 Å². The van der Waals surface area contributed by atoms with Gasteiger partial charge in [0.25, 0.3) is 0 Å². The summed E-state index contributed by atoms with van der Waals surface area (Å²) in [5.41, 5.74) is 3.18. The van der Waals surface area contributed by atoms with Crippen LogP contribution in [0.5, 0.6) is 0 Å². The Kier molecular flexibility index (Phi) is 2.76. The van der Waals surface area contributed by atoms with Crippen molar-refractivity contribution in [1.82, 2.24) is 14.6 Å². The van der Waals surface area contributed by atoms with Gasteiger partial charge in [-0.1, -0.05) is 41.4 Å². The predicted molar refractivity (Wildman–Crippen MR) is 72.0 cm³/mol. The maximum Gasteiger partial charge on any atom is 0.179 e. The molecule has 0 atom stereocenters. The van der Waals surface area contributed by atoms with E-state index < -0.39 is 0 Å². The molecular formula is C14H12ClN3. The fourth-order valence-electron chi connectivity index (χ4n) is 1.94. The van der Waals surface area contributed by atoms with Crippen LogP contribution in [0.15, 0.2) is 42.6 Å². The van der Waals surface area contributed by atoms with Gasteiger partial charge in [0, 0.05) is 12.6 Å². The largest absolute Gasteiger partial charge is 0.285 e. The molecule has 0 aliphatic rings. The van der Waals surface area contributed by atoms with Crippen LogP contribution in [0, 0.1) is 6.92 Å². The van der Waals surface area contributed by atoms with E-state index >= 15 is 0 Å². The smallest absolute Gasteiger partial charge is 0.179 e. The molecule has 0 N–H and O–H groups in total. The van der Waals surface area contributed by atoms with Crippen molar-refractivity contribution in [1.29, 1.82) is 0 Å². The zero-order valence-electron chi connectivity index (χ0n) is 9.97. The van der Waals surface area contributed by atoms with Crippen molar-refractivity contribution in [2.75, 3.05) is 0 Å². The van der Waals surface area contributed by atoms with Gasteiger partial charge in [-0.15, -0.1) is 10.2 Å². The van der Waals surface area contributed by atoms with Crippen LogP contribution in [0.4, 0.5) is 0 Å². The first-order chi connectivity index (χ1) is 8.74. The molecular weight excluding hydrogens is 246 g/mol. The third-order valence-corrected chi connectivity index (χ3v) is 3.24. The maximum atomic E-state index is 6.07. The Morgan fingerprint density at radius 2 is 1.89 bits per heavy atom. The molecule has 0 radical (unpaired) electrons. The summed E-state index contributed by atoms with van der Waals surface area (Å²) in [6.45, 7) is 2.08. The number of halogens is 1. The number of aromatic nitrogens is 3. The lowest BCUT2D eigenvalue weighted by Crippen LogP contribution is -1.96. The number of rotatable bonds is 2. The van der Waals surface area contributed by atoms with E-state index in [0.717, 1.165) is 12.2 Å². The average Bonchev–Trinajstić information content (AvgIpc) is 2.77. The first kappa shape index (κ1) is 11.2. The van der Waals surface area contributed by atoms with Crippen LogP contribution >= 0.6 is 11.6 Å². The first-order valence-electron chi connectivity index (χ1n) is 5.78. The fraction of sp³-hybridized carbons (Fsp3) is 0.143. The second-order valence-corrected chi connectivity index (χ2v) is 4.74. The summed E-state index contributed by atoms with van der Waals surface area (Å²) in [4.78, 5) is 0. The second-order valence-electron chi connectivity index (χ2n) is 4.33. The standard InChI is InChI=1S/C14H12ClN3/c1-10-4-6-11(7-5-10)9-13-16-17-14-12(15)3-2-8-18(13)14/h2-8H,9H2,1H3. The molecule has 0 aliphatic heterocycles. The number of nitrogens with zero attached hydrogens (tertiary/aromatic N) is 3. The molecule has 90 valence electrons. The topological polar surface area (TPSA) is 30.2 Å². The summed E-state index contributed by atoms with van der Waals surface area (Å²) in [7, 11) is 0. The summed E-state index contributed by atoms with van der Waals surface area (Å²) in [6, 6.07) is 12.2. The summed E-state index contributed by atoms with van der Waals surface area (Å²) in [5, 5.41) is 8.94. The Morgan fingerprint density at radius 1 is 1.11 bits per heavy atom. The number of fused-ring (bicyclic) bond motifs is 1. The molecule has 0 saturated carbocycles. The highest BCUT2D eigenvalue weighted by molar-refractivity contribution is 6.33. The van der Waals surface area contributed by atoms with E-state index in [0.29, 0.717) is 10.7 Å².